The van der Waals surface area contributed by atoms with Crippen LogP contribution in [0, 0.1) is 11.7 Å². The molecule has 0 aromatic heterocycles. The lowest BCUT2D eigenvalue weighted by atomic mass is 9.89. The van der Waals surface area contributed by atoms with E-state index < -0.39 is 17.7 Å². The second-order valence-electron chi connectivity index (χ2n) is 4.44. The van der Waals surface area contributed by atoms with Gasteiger partial charge in [0.15, 0.2) is 0 Å². The predicted molar refractivity (Wildman–Crippen MR) is 62.8 cm³/mol. The fourth-order valence-electron chi connectivity index (χ4n) is 2.37. The zero-order valence-electron chi connectivity index (χ0n) is 9.36. The van der Waals surface area contributed by atoms with Crippen LogP contribution in [0.25, 0.3) is 0 Å². The fraction of sp³-hybridized carbons (Fsp3) is 0.417. The summed E-state index contributed by atoms with van der Waals surface area (Å²) in [4.78, 5) is 13.1. The van der Waals surface area contributed by atoms with Crippen molar-refractivity contribution in [3.8, 4) is 0 Å². The normalized spacial score (nSPS) is 25.1. The van der Waals surface area contributed by atoms with Crippen LogP contribution in [0.15, 0.2) is 18.2 Å². The molecule has 0 amide bonds. The summed E-state index contributed by atoms with van der Waals surface area (Å²) in [5.41, 5.74) is 0.713. The number of likely N-dealkylation sites (tertiary alicyclic amines) is 1. The van der Waals surface area contributed by atoms with Crippen LogP contribution in [0.4, 0.5) is 4.39 Å². The van der Waals surface area contributed by atoms with Crippen molar-refractivity contribution in [2.24, 2.45) is 5.92 Å². The van der Waals surface area contributed by atoms with Gasteiger partial charge in [-0.25, -0.2) is 4.39 Å². The van der Waals surface area contributed by atoms with E-state index in [2.05, 4.69) is 0 Å². The van der Waals surface area contributed by atoms with Crippen molar-refractivity contribution in [1.82, 2.24) is 4.90 Å². The van der Waals surface area contributed by atoms with Crippen molar-refractivity contribution < 1.29 is 14.3 Å². The Morgan fingerprint density at radius 2 is 2.24 bits per heavy atom. The van der Waals surface area contributed by atoms with Gasteiger partial charge in [-0.2, -0.15) is 0 Å². The quantitative estimate of drug-likeness (QED) is 0.883. The minimum atomic E-state index is -0.834. The smallest absolute Gasteiger partial charge is 0.308 e. The molecule has 1 saturated heterocycles. The molecule has 1 aliphatic rings. The molecule has 92 valence electrons. The monoisotopic (exact) mass is 257 g/mol. The molecule has 1 aromatic rings. The lowest BCUT2D eigenvalue weighted by Crippen LogP contribution is -2.21. The number of aliphatic carboxylic acids is 1. The Morgan fingerprint density at radius 3 is 2.82 bits per heavy atom. The largest absolute Gasteiger partial charge is 0.481 e. The molecule has 1 N–H and O–H groups in total. The van der Waals surface area contributed by atoms with Gasteiger partial charge in [0.25, 0.3) is 0 Å². The van der Waals surface area contributed by atoms with E-state index in [-0.39, 0.29) is 5.92 Å². The molecule has 1 aromatic carbocycles. The third-order valence-electron chi connectivity index (χ3n) is 3.18. The number of carbonyl (C=O) groups is 1. The number of hydrogen-bond acceptors (Lipinski definition) is 2. The first kappa shape index (κ1) is 12.3. The molecule has 2 atom stereocenters. The van der Waals surface area contributed by atoms with Crippen molar-refractivity contribution in [3.63, 3.8) is 0 Å². The van der Waals surface area contributed by atoms with Gasteiger partial charge in [0.05, 0.1) is 5.92 Å². The van der Waals surface area contributed by atoms with E-state index in [1.165, 1.54) is 12.1 Å². The minimum absolute atomic E-state index is 0.175. The number of rotatable bonds is 2. The van der Waals surface area contributed by atoms with Gasteiger partial charge in [0, 0.05) is 24.0 Å². The molecule has 0 spiro atoms. The molecule has 2 unspecified atom stereocenters. The minimum Gasteiger partial charge on any atom is -0.481 e. The third kappa shape index (κ3) is 2.42. The van der Waals surface area contributed by atoms with Crippen LogP contribution in [-0.4, -0.2) is 36.1 Å². The number of benzene rings is 1. The van der Waals surface area contributed by atoms with Crippen LogP contribution >= 0.6 is 11.6 Å². The van der Waals surface area contributed by atoms with Gasteiger partial charge in [-0.05, 0) is 24.7 Å². The van der Waals surface area contributed by atoms with E-state index >= 15 is 0 Å². The summed E-state index contributed by atoms with van der Waals surface area (Å²) >= 11 is 5.98. The Balaban J connectivity index is 2.34. The number of nitrogens with zero attached hydrogens (tertiary/aromatic N) is 1. The van der Waals surface area contributed by atoms with Crippen molar-refractivity contribution in [2.75, 3.05) is 20.1 Å². The maximum atomic E-state index is 13.0. The van der Waals surface area contributed by atoms with Crippen LogP contribution in [0.5, 0.6) is 0 Å². The predicted octanol–water partition coefficient (Wildman–Crippen LogP) is 2.21. The van der Waals surface area contributed by atoms with Gasteiger partial charge < -0.3 is 10.0 Å². The van der Waals surface area contributed by atoms with Crippen LogP contribution in [0.3, 0.4) is 0 Å². The van der Waals surface area contributed by atoms with Crippen molar-refractivity contribution in [2.45, 2.75) is 5.92 Å². The van der Waals surface area contributed by atoms with E-state index in [1.54, 1.807) is 6.07 Å². The van der Waals surface area contributed by atoms with E-state index in [1.807, 2.05) is 11.9 Å². The third-order valence-corrected chi connectivity index (χ3v) is 3.51. The van der Waals surface area contributed by atoms with Gasteiger partial charge in [0.1, 0.15) is 5.82 Å². The average molecular weight is 258 g/mol. The van der Waals surface area contributed by atoms with Gasteiger partial charge >= 0.3 is 5.97 Å². The number of likely N-dealkylation sites (N-methyl/N-ethyl adjacent to an activating group) is 1. The second-order valence-corrected chi connectivity index (χ2v) is 4.85. The molecule has 17 heavy (non-hydrogen) atoms. The van der Waals surface area contributed by atoms with E-state index in [4.69, 9.17) is 16.7 Å². The maximum absolute atomic E-state index is 13.0. The highest BCUT2D eigenvalue weighted by atomic mass is 35.5. The summed E-state index contributed by atoms with van der Waals surface area (Å²) in [7, 11) is 1.87. The summed E-state index contributed by atoms with van der Waals surface area (Å²) in [6.45, 7) is 1.12. The highest BCUT2D eigenvalue weighted by Gasteiger charge is 2.37. The SMILES string of the molecule is CN1CC(C(=O)O)C(c2ccc(F)cc2Cl)C1. The van der Waals surface area contributed by atoms with Crippen molar-refractivity contribution in [1.29, 1.82) is 0 Å². The van der Waals surface area contributed by atoms with E-state index in [0.717, 1.165) is 0 Å². The molecule has 5 heteroatoms. The molecular formula is C12H13ClFNO2. The molecule has 0 saturated carbocycles. The highest BCUT2D eigenvalue weighted by Crippen LogP contribution is 2.36. The number of carboxylic acid groups (broad SMARTS) is 1. The standard InChI is InChI=1S/C12H13ClFNO2/c1-15-5-9(10(6-15)12(16)17)8-3-2-7(14)4-11(8)13/h2-4,9-10H,5-6H2,1H3,(H,16,17). The lowest BCUT2D eigenvalue weighted by Gasteiger charge is -2.16. The fourth-order valence-corrected chi connectivity index (χ4v) is 2.68. The van der Waals surface area contributed by atoms with Crippen LogP contribution in [-0.2, 0) is 4.79 Å². The van der Waals surface area contributed by atoms with E-state index in [9.17, 15) is 9.18 Å². The topological polar surface area (TPSA) is 40.5 Å². The molecule has 0 aliphatic carbocycles. The number of halogens is 2. The Hall–Kier alpha value is -1.13. The van der Waals surface area contributed by atoms with Crippen molar-refractivity contribution in [3.05, 3.63) is 34.6 Å². The highest BCUT2D eigenvalue weighted by molar-refractivity contribution is 6.31. The number of carboxylic acids is 1. The molecule has 2 rings (SSSR count). The first-order valence-electron chi connectivity index (χ1n) is 5.35. The molecular weight excluding hydrogens is 245 g/mol. The maximum Gasteiger partial charge on any atom is 0.308 e. The Kier molecular flexibility index (Phi) is 3.35. The van der Waals surface area contributed by atoms with E-state index in [0.29, 0.717) is 23.7 Å². The Morgan fingerprint density at radius 1 is 1.53 bits per heavy atom. The van der Waals surface area contributed by atoms with Gasteiger partial charge in [-0.3, -0.25) is 4.79 Å². The molecule has 1 heterocycles. The van der Waals surface area contributed by atoms with Crippen LogP contribution < -0.4 is 0 Å². The zero-order valence-corrected chi connectivity index (χ0v) is 10.1. The lowest BCUT2D eigenvalue weighted by molar-refractivity contribution is -0.141. The summed E-state index contributed by atoms with van der Waals surface area (Å²) in [5.74, 6) is -1.90. The van der Waals surface area contributed by atoms with Crippen LogP contribution in [0.2, 0.25) is 5.02 Å². The van der Waals surface area contributed by atoms with Gasteiger partial charge in [0.2, 0.25) is 0 Å². The molecule has 0 radical (unpaired) electrons. The molecule has 0 bridgehead atoms. The Labute approximate surface area is 104 Å². The molecule has 1 fully saturated rings. The summed E-state index contributed by atoms with van der Waals surface area (Å²) in [5, 5.41) is 9.47. The number of hydrogen-bond donors (Lipinski definition) is 1. The van der Waals surface area contributed by atoms with Crippen LogP contribution in [0.1, 0.15) is 11.5 Å². The van der Waals surface area contributed by atoms with Gasteiger partial charge in [-0.1, -0.05) is 17.7 Å². The summed E-state index contributed by atoms with van der Waals surface area (Å²) < 4.78 is 13.0. The first-order valence-corrected chi connectivity index (χ1v) is 5.73. The second kappa shape index (κ2) is 4.63. The zero-order chi connectivity index (χ0) is 12.6. The Bertz CT molecular complexity index is 452. The average Bonchev–Trinajstić information content (AvgIpc) is 2.60. The first-order chi connectivity index (χ1) is 7.99. The molecule has 1 aliphatic heterocycles. The summed E-state index contributed by atoms with van der Waals surface area (Å²) in [6, 6.07) is 4.13. The molecule has 3 nitrogen and oxygen atoms in total. The van der Waals surface area contributed by atoms with Gasteiger partial charge in [-0.15, -0.1) is 0 Å². The van der Waals surface area contributed by atoms with Crippen molar-refractivity contribution >= 4 is 17.6 Å². The summed E-state index contributed by atoms with van der Waals surface area (Å²) in [6.07, 6.45) is 0.